The highest BCUT2D eigenvalue weighted by molar-refractivity contribution is 9.11. The summed E-state index contributed by atoms with van der Waals surface area (Å²) in [7, 11) is 1.21. The molecule has 0 saturated carbocycles. The molecule has 0 bridgehead atoms. The monoisotopic (exact) mass is 464 g/mol. The summed E-state index contributed by atoms with van der Waals surface area (Å²) in [6, 6.07) is 1.56. The number of amides is 1. The van der Waals surface area contributed by atoms with E-state index in [1.165, 1.54) is 12.0 Å². The number of methoxy groups -OCH3 is 1. The van der Waals surface area contributed by atoms with Gasteiger partial charge in [0.25, 0.3) is 5.91 Å². The average Bonchev–Trinajstić information content (AvgIpc) is 2.85. The Kier molecular flexibility index (Phi) is 6.00. The van der Waals surface area contributed by atoms with Crippen LogP contribution in [0.3, 0.4) is 0 Å². The molecule has 0 spiro atoms. The van der Waals surface area contributed by atoms with Crippen LogP contribution in [0.5, 0.6) is 0 Å². The van der Waals surface area contributed by atoms with E-state index in [-0.39, 0.29) is 39.9 Å². The van der Waals surface area contributed by atoms with E-state index < -0.39 is 17.7 Å². The van der Waals surface area contributed by atoms with Crippen molar-refractivity contribution in [3.63, 3.8) is 0 Å². The summed E-state index contributed by atoms with van der Waals surface area (Å²) in [4.78, 5) is 25.7. The Labute approximate surface area is 154 Å². The fourth-order valence-electron chi connectivity index (χ4n) is 2.34. The first-order chi connectivity index (χ1) is 11.3. The molecule has 1 amide bonds. The second kappa shape index (κ2) is 7.62. The average molecular weight is 466 g/mol. The zero-order chi connectivity index (χ0) is 18.0. The standard InChI is InChI=1S/C15H15Br2FN2O4/c1-7-5-9(16)11(18)10(17)12(7)19-13-8(15(23)24-2)6-20(3-4-21)14(13)22/h5,19,21H,3-4,6H2,1-2H3. The highest BCUT2D eigenvalue weighted by Gasteiger charge is 2.35. The van der Waals surface area contributed by atoms with Crippen LogP contribution in [0.1, 0.15) is 5.56 Å². The topological polar surface area (TPSA) is 78.9 Å². The summed E-state index contributed by atoms with van der Waals surface area (Å²) < 4.78 is 19.2. The third-order valence-corrected chi connectivity index (χ3v) is 4.88. The third kappa shape index (κ3) is 3.47. The highest BCUT2D eigenvalue weighted by Crippen LogP contribution is 2.36. The molecule has 1 aliphatic heterocycles. The number of carbonyl (C=O) groups is 2. The molecular formula is C15H15Br2FN2O4. The number of benzene rings is 1. The predicted octanol–water partition coefficient (Wildman–Crippen LogP) is 2.33. The molecule has 0 saturated heterocycles. The summed E-state index contributed by atoms with van der Waals surface area (Å²) in [5.41, 5.74) is 1.15. The molecule has 1 aliphatic rings. The molecule has 2 N–H and O–H groups in total. The van der Waals surface area contributed by atoms with Crippen molar-refractivity contribution in [1.82, 2.24) is 4.90 Å². The highest BCUT2D eigenvalue weighted by atomic mass is 79.9. The number of hydrogen-bond acceptors (Lipinski definition) is 5. The number of anilines is 1. The number of rotatable bonds is 5. The van der Waals surface area contributed by atoms with Gasteiger partial charge in [0.05, 0.1) is 40.5 Å². The van der Waals surface area contributed by atoms with Crippen LogP contribution in [0.2, 0.25) is 0 Å². The molecule has 1 aromatic carbocycles. The first-order valence-electron chi connectivity index (χ1n) is 6.94. The lowest BCUT2D eigenvalue weighted by atomic mass is 10.1. The van der Waals surface area contributed by atoms with Gasteiger partial charge in [0.15, 0.2) is 5.82 Å². The molecule has 6 nitrogen and oxygen atoms in total. The van der Waals surface area contributed by atoms with Gasteiger partial charge in [-0.1, -0.05) is 0 Å². The van der Waals surface area contributed by atoms with E-state index in [0.717, 1.165) is 0 Å². The number of esters is 1. The molecule has 0 aromatic heterocycles. The van der Waals surface area contributed by atoms with Gasteiger partial charge in [-0.25, -0.2) is 9.18 Å². The number of aryl methyl sites for hydroxylation is 1. The molecule has 2 rings (SSSR count). The van der Waals surface area contributed by atoms with Crippen LogP contribution < -0.4 is 5.32 Å². The van der Waals surface area contributed by atoms with Crippen LogP contribution in [0.15, 0.2) is 26.3 Å². The molecule has 1 heterocycles. The number of nitrogens with zero attached hydrogens (tertiary/aromatic N) is 1. The van der Waals surface area contributed by atoms with E-state index in [1.54, 1.807) is 13.0 Å². The molecule has 0 radical (unpaired) electrons. The van der Waals surface area contributed by atoms with Crippen LogP contribution in [0, 0.1) is 12.7 Å². The van der Waals surface area contributed by atoms with Crippen molar-refractivity contribution < 1.29 is 23.8 Å². The Hall–Kier alpha value is -1.45. The van der Waals surface area contributed by atoms with Gasteiger partial charge < -0.3 is 20.1 Å². The van der Waals surface area contributed by atoms with Crippen molar-refractivity contribution in [3.05, 3.63) is 37.7 Å². The smallest absolute Gasteiger partial charge is 0.337 e. The van der Waals surface area contributed by atoms with Gasteiger partial charge in [-0.15, -0.1) is 0 Å². The summed E-state index contributed by atoms with van der Waals surface area (Å²) in [5.74, 6) is -1.64. The maximum absolute atomic E-state index is 14.1. The number of hydrogen-bond donors (Lipinski definition) is 2. The first kappa shape index (κ1) is 18.9. The van der Waals surface area contributed by atoms with Crippen molar-refractivity contribution in [2.24, 2.45) is 0 Å². The van der Waals surface area contributed by atoms with Crippen molar-refractivity contribution >= 4 is 49.4 Å². The second-order valence-corrected chi connectivity index (χ2v) is 6.75. The fourth-order valence-corrected chi connectivity index (χ4v) is 3.77. The molecule has 24 heavy (non-hydrogen) atoms. The summed E-state index contributed by atoms with van der Waals surface area (Å²) in [6.07, 6.45) is 0. The number of halogens is 3. The number of carbonyl (C=O) groups excluding carboxylic acids is 2. The maximum atomic E-state index is 14.1. The van der Waals surface area contributed by atoms with Gasteiger partial charge in [0.1, 0.15) is 5.70 Å². The number of nitrogens with one attached hydrogen (secondary N) is 1. The third-order valence-electron chi connectivity index (χ3n) is 3.56. The number of aliphatic hydroxyl groups excluding tert-OH is 1. The van der Waals surface area contributed by atoms with Gasteiger partial charge >= 0.3 is 5.97 Å². The predicted molar refractivity (Wildman–Crippen MR) is 92.9 cm³/mol. The zero-order valence-electron chi connectivity index (χ0n) is 13.0. The Morgan fingerprint density at radius 1 is 1.50 bits per heavy atom. The largest absolute Gasteiger partial charge is 0.466 e. The summed E-state index contributed by atoms with van der Waals surface area (Å²) >= 11 is 6.27. The molecule has 9 heteroatoms. The Morgan fingerprint density at radius 2 is 2.17 bits per heavy atom. The minimum Gasteiger partial charge on any atom is -0.466 e. The molecule has 0 fully saturated rings. The van der Waals surface area contributed by atoms with Gasteiger partial charge in [-0.3, -0.25) is 4.79 Å². The summed E-state index contributed by atoms with van der Waals surface area (Å²) in [6.45, 7) is 1.60. The minimum absolute atomic E-state index is 0.0147. The first-order valence-corrected chi connectivity index (χ1v) is 8.53. The fraction of sp³-hybridized carbons (Fsp3) is 0.333. The Balaban J connectivity index is 2.47. The van der Waals surface area contributed by atoms with E-state index in [1.807, 2.05) is 0 Å². The second-order valence-electron chi connectivity index (χ2n) is 5.10. The van der Waals surface area contributed by atoms with Crippen molar-refractivity contribution in [1.29, 1.82) is 0 Å². The van der Waals surface area contributed by atoms with Crippen molar-refractivity contribution in [2.75, 3.05) is 32.1 Å². The number of ether oxygens (including phenoxy) is 1. The van der Waals surface area contributed by atoms with E-state index in [0.29, 0.717) is 11.3 Å². The van der Waals surface area contributed by atoms with E-state index in [9.17, 15) is 14.0 Å². The molecule has 130 valence electrons. The molecule has 0 unspecified atom stereocenters. The Morgan fingerprint density at radius 3 is 2.75 bits per heavy atom. The van der Waals surface area contributed by atoms with Crippen molar-refractivity contribution in [2.45, 2.75) is 6.92 Å². The van der Waals surface area contributed by atoms with E-state index in [4.69, 9.17) is 9.84 Å². The van der Waals surface area contributed by atoms with Crippen molar-refractivity contribution in [3.8, 4) is 0 Å². The van der Waals surface area contributed by atoms with Gasteiger partial charge in [0.2, 0.25) is 0 Å². The van der Waals surface area contributed by atoms with E-state index in [2.05, 4.69) is 37.2 Å². The number of β-amino-alcohol motifs (C(OH)–C–C–N with tert-alkyl or cyclic N) is 1. The van der Waals surface area contributed by atoms with Crippen LogP contribution in [-0.4, -0.2) is 48.7 Å². The Bertz CT molecular complexity index is 737. The van der Waals surface area contributed by atoms with Crippen LogP contribution in [0.25, 0.3) is 0 Å². The van der Waals surface area contributed by atoms with Gasteiger partial charge in [-0.2, -0.15) is 0 Å². The van der Waals surface area contributed by atoms with E-state index >= 15 is 0 Å². The molecule has 0 aliphatic carbocycles. The maximum Gasteiger partial charge on any atom is 0.337 e. The lowest BCUT2D eigenvalue weighted by molar-refractivity contribution is -0.136. The van der Waals surface area contributed by atoms with Crippen LogP contribution in [0.4, 0.5) is 10.1 Å². The van der Waals surface area contributed by atoms with Gasteiger partial charge in [0, 0.05) is 6.54 Å². The number of aliphatic hydroxyl groups is 1. The lowest BCUT2D eigenvalue weighted by Crippen LogP contribution is -2.31. The van der Waals surface area contributed by atoms with Crippen LogP contribution in [-0.2, 0) is 14.3 Å². The zero-order valence-corrected chi connectivity index (χ0v) is 16.1. The lowest BCUT2D eigenvalue weighted by Gasteiger charge is -2.16. The molecule has 0 atom stereocenters. The summed E-state index contributed by atoms with van der Waals surface area (Å²) in [5, 5.41) is 11.9. The molecular weight excluding hydrogens is 451 g/mol. The SMILES string of the molecule is COC(=O)C1=C(Nc2c(C)cc(Br)c(F)c2Br)C(=O)N(CCO)C1. The quantitative estimate of drug-likeness (QED) is 0.515. The normalized spacial score (nSPS) is 14.4. The van der Waals surface area contributed by atoms with Gasteiger partial charge in [-0.05, 0) is 50.4 Å². The molecule has 1 aromatic rings. The minimum atomic E-state index is -0.655. The van der Waals surface area contributed by atoms with Crippen LogP contribution >= 0.6 is 31.9 Å².